The molecule has 178 valence electrons. The van der Waals surface area contributed by atoms with Crippen LogP contribution in [0.5, 0.6) is 5.75 Å². The highest BCUT2D eigenvalue weighted by Gasteiger charge is 2.37. The van der Waals surface area contributed by atoms with Gasteiger partial charge in [-0.2, -0.15) is 0 Å². The Morgan fingerprint density at radius 3 is 2.49 bits per heavy atom. The zero-order valence-electron chi connectivity index (χ0n) is 18.7. The Morgan fingerprint density at radius 1 is 1.00 bits per heavy atom. The number of carbonyl (C=O) groups is 3. The summed E-state index contributed by atoms with van der Waals surface area (Å²) in [5.74, 6) is -1.09. The van der Waals surface area contributed by atoms with Crippen LogP contribution in [0.4, 0.5) is 10.5 Å². The first-order chi connectivity index (χ1) is 16.6. The summed E-state index contributed by atoms with van der Waals surface area (Å²) in [5.41, 5.74) is 3.11. The van der Waals surface area contributed by atoms with Gasteiger partial charge in [-0.05, 0) is 61.9 Å². The predicted octanol–water partition coefficient (Wildman–Crippen LogP) is 6.62. The van der Waals surface area contributed by atoms with Gasteiger partial charge in [-0.25, -0.2) is 9.69 Å². The second-order valence-electron chi connectivity index (χ2n) is 7.95. The van der Waals surface area contributed by atoms with Crippen LogP contribution >= 0.6 is 39.1 Å². The first-order valence-corrected chi connectivity index (χ1v) is 12.0. The molecule has 0 atom stereocenters. The number of imide groups is 2. The molecule has 0 bridgehead atoms. The second kappa shape index (κ2) is 10.2. The highest BCUT2D eigenvalue weighted by molar-refractivity contribution is 9.10. The largest absolute Gasteiger partial charge is 0.488 e. The summed E-state index contributed by atoms with van der Waals surface area (Å²) in [6.45, 7) is 3.85. The minimum absolute atomic E-state index is 0.140. The van der Waals surface area contributed by atoms with Gasteiger partial charge in [0.25, 0.3) is 11.8 Å². The Labute approximate surface area is 220 Å². The van der Waals surface area contributed by atoms with Crippen LogP contribution in [-0.4, -0.2) is 17.8 Å². The van der Waals surface area contributed by atoms with Crippen LogP contribution in [-0.2, 0) is 16.2 Å². The molecule has 6 nitrogen and oxygen atoms in total. The van der Waals surface area contributed by atoms with Crippen molar-refractivity contribution in [2.75, 3.05) is 4.90 Å². The first kappa shape index (κ1) is 25.0. The summed E-state index contributed by atoms with van der Waals surface area (Å²) >= 11 is 15.6. The van der Waals surface area contributed by atoms with Crippen LogP contribution in [0.3, 0.4) is 0 Å². The molecule has 4 amide bonds. The maximum Gasteiger partial charge on any atom is 0.335 e. The minimum Gasteiger partial charge on any atom is -0.488 e. The van der Waals surface area contributed by atoms with Crippen molar-refractivity contribution < 1.29 is 19.1 Å². The molecule has 0 radical (unpaired) electrons. The van der Waals surface area contributed by atoms with Gasteiger partial charge in [0.15, 0.2) is 0 Å². The standard InChI is InChI=1S/C26H19BrCl2N2O4/c1-14-3-7-22(15(2)9-14)31-25(33)20(24(32)30-26(31)34)11-17-10-18(27)5-8-23(17)35-13-16-4-6-19(28)12-21(16)29/h3-12H,13H2,1-2H3,(H,30,32,34)/b20-11+. The molecule has 0 spiro atoms. The molecule has 3 aromatic carbocycles. The maximum atomic E-state index is 13.3. The summed E-state index contributed by atoms with van der Waals surface area (Å²) < 4.78 is 6.67. The molecule has 35 heavy (non-hydrogen) atoms. The van der Waals surface area contributed by atoms with E-state index in [4.69, 9.17) is 27.9 Å². The SMILES string of the molecule is Cc1ccc(N2C(=O)NC(=O)/C(=C\c3cc(Br)ccc3OCc3ccc(Cl)cc3Cl)C2=O)c(C)c1. The van der Waals surface area contributed by atoms with Crippen LogP contribution in [0.2, 0.25) is 10.0 Å². The van der Waals surface area contributed by atoms with Crippen molar-refractivity contribution in [1.82, 2.24) is 5.32 Å². The summed E-state index contributed by atoms with van der Waals surface area (Å²) in [4.78, 5) is 39.5. The van der Waals surface area contributed by atoms with Crippen LogP contribution in [0.1, 0.15) is 22.3 Å². The number of halogens is 3. The number of rotatable bonds is 5. The third-order valence-corrected chi connectivity index (χ3v) is 6.45. The average Bonchev–Trinajstić information content (AvgIpc) is 2.78. The molecule has 0 saturated carbocycles. The quantitative estimate of drug-likeness (QED) is 0.275. The van der Waals surface area contributed by atoms with Gasteiger partial charge in [-0.1, -0.05) is 62.9 Å². The van der Waals surface area contributed by atoms with Crippen molar-refractivity contribution in [3.8, 4) is 5.75 Å². The lowest BCUT2D eigenvalue weighted by molar-refractivity contribution is -0.122. The molecular weight excluding hydrogens is 555 g/mol. The number of urea groups is 1. The lowest BCUT2D eigenvalue weighted by Crippen LogP contribution is -2.54. The summed E-state index contributed by atoms with van der Waals surface area (Å²) in [6, 6.07) is 14.8. The van der Waals surface area contributed by atoms with Crippen molar-refractivity contribution in [3.63, 3.8) is 0 Å². The van der Waals surface area contributed by atoms with Crippen LogP contribution in [0.25, 0.3) is 6.08 Å². The van der Waals surface area contributed by atoms with Crippen molar-refractivity contribution >= 4 is 68.7 Å². The summed E-state index contributed by atoms with van der Waals surface area (Å²) in [7, 11) is 0. The molecule has 1 saturated heterocycles. The number of amides is 4. The highest BCUT2D eigenvalue weighted by atomic mass is 79.9. The van der Waals surface area contributed by atoms with E-state index in [1.807, 2.05) is 13.0 Å². The van der Waals surface area contributed by atoms with Gasteiger partial charge in [0, 0.05) is 25.6 Å². The van der Waals surface area contributed by atoms with Crippen LogP contribution < -0.4 is 15.0 Å². The fourth-order valence-electron chi connectivity index (χ4n) is 3.65. The third kappa shape index (κ3) is 5.42. The van der Waals surface area contributed by atoms with E-state index in [0.717, 1.165) is 21.6 Å². The van der Waals surface area contributed by atoms with Crippen LogP contribution in [0, 0.1) is 13.8 Å². The topological polar surface area (TPSA) is 75.7 Å². The van der Waals surface area contributed by atoms with E-state index in [1.165, 1.54) is 6.08 Å². The van der Waals surface area contributed by atoms with Gasteiger partial charge >= 0.3 is 6.03 Å². The molecule has 4 rings (SSSR count). The second-order valence-corrected chi connectivity index (χ2v) is 9.71. The molecule has 0 aromatic heterocycles. The van der Waals surface area contributed by atoms with E-state index in [2.05, 4.69) is 21.2 Å². The number of ether oxygens (including phenoxy) is 1. The molecule has 3 aromatic rings. The van der Waals surface area contributed by atoms with Gasteiger partial charge in [-0.3, -0.25) is 14.9 Å². The van der Waals surface area contributed by atoms with Crippen molar-refractivity contribution in [2.45, 2.75) is 20.5 Å². The fraction of sp³-hybridized carbons (Fsp3) is 0.115. The minimum atomic E-state index is -0.799. The number of carbonyl (C=O) groups excluding carboxylic acids is 3. The number of nitrogens with zero attached hydrogens (tertiary/aromatic N) is 1. The van der Waals surface area contributed by atoms with Crippen molar-refractivity contribution in [2.24, 2.45) is 0 Å². The summed E-state index contributed by atoms with van der Waals surface area (Å²) in [5, 5.41) is 3.22. The van der Waals surface area contributed by atoms with Crippen molar-refractivity contribution in [1.29, 1.82) is 0 Å². The predicted molar refractivity (Wildman–Crippen MR) is 140 cm³/mol. The number of nitrogens with one attached hydrogen (secondary N) is 1. The van der Waals surface area contributed by atoms with E-state index < -0.39 is 17.8 Å². The molecular formula is C26H19BrCl2N2O4. The number of hydrogen-bond donors (Lipinski definition) is 1. The smallest absolute Gasteiger partial charge is 0.335 e. The molecule has 1 aliphatic rings. The zero-order valence-corrected chi connectivity index (χ0v) is 21.8. The van der Waals surface area contributed by atoms with E-state index in [0.29, 0.717) is 31.5 Å². The third-order valence-electron chi connectivity index (χ3n) is 5.36. The van der Waals surface area contributed by atoms with Gasteiger partial charge in [-0.15, -0.1) is 0 Å². The Morgan fingerprint density at radius 2 is 1.77 bits per heavy atom. The number of aryl methyl sites for hydroxylation is 2. The lowest BCUT2D eigenvalue weighted by Gasteiger charge is -2.27. The molecule has 1 fully saturated rings. The van der Waals surface area contributed by atoms with Gasteiger partial charge in [0.1, 0.15) is 17.9 Å². The molecule has 0 aliphatic carbocycles. The van der Waals surface area contributed by atoms with Gasteiger partial charge in [0.2, 0.25) is 0 Å². The maximum absolute atomic E-state index is 13.3. The number of anilines is 1. The Hall–Kier alpha value is -3.13. The zero-order chi connectivity index (χ0) is 25.3. The Balaban J connectivity index is 1.69. The monoisotopic (exact) mass is 572 g/mol. The van der Waals surface area contributed by atoms with E-state index in [9.17, 15) is 14.4 Å². The van der Waals surface area contributed by atoms with Crippen molar-refractivity contribution in [3.05, 3.63) is 96.9 Å². The first-order valence-electron chi connectivity index (χ1n) is 10.5. The lowest BCUT2D eigenvalue weighted by atomic mass is 10.0. The molecule has 9 heteroatoms. The fourth-order valence-corrected chi connectivity index (χ4v) is 4.49. The summed E-state index contributed by atoms with van der Waals surface area (Å²) in [6.07, 6.45) is 1.41. The molecule has 1 heterocycles. The molecule has 1 N–H and O–H groups in total. The number of hydrogen-bond acceptors (Lipinski definition) is 4. The number of benzene rings is 3. The number of barbiturate groups is 1. The van der Waals surface area contributed by atoms with E-state index >= 15 is 0 Å². The average molecular weight is 574 g/mol. The van der Waals surface area contributed by atoms with E-state index in [1.54, 1.807) is 55.5 Å². The van der Waals surface area contributed by atoms with Gasteiger partial charge in [0.05, 0.1) is 5.69 Å². The molecule has 0 unspecified atom stereocenters. The Bertz CT molecular complexity index is 1400. The Kier molecular flexibility index (Phi) is 7.31. The highest BCUT2D eigenvalue weighted by Crippen LogP contribution is 2.30. The van der Waals surface area contributed by atoms with Crippen LogP contribution in [0.15, 0.2) is 64.6 Å². The normalized spacial score (nSPS) is 14.9. The molecule has 1 aliphatic heterocycles. The van der Waals surface area contributed by atoms with Gasteiger partial charge < -0.3 is 4.74 Å². The van der Waals surface area contributed by atoms with E-state index in [-0.39, 0.29) is 12.2 Å².